The highest BCUT2D eigenvalue weighted by Gasteiger charge is 2.08. The molecule has 1 aromatic heterocycles. The van der Waals surface area contributed by atoms with Gasteiger partial charge in [0.05, 0.1) is 12.2 Å². The molecule has 1 aromatic carbocycles. The lowest BCUT2D eigenvalue weighted by molar-refractivity contribution is 0.372. The minimum atomic E-state index is -0.192. The molecule has 0 spiro atoms. The van der Waals surface area contributed by atoms with Crippen molar-refractivity contribution < 1.29 is 8.91 Å². The maximum atomic E-state index is 13.3. The molecular weight excluding hydrogens is 422 g/mol. The number of aliphatic imine (C=N–C) groups is 1. The third-order valence-electron chi connectivity index (χ3n) is 3.50. The van der Waals surface area contributed by atoms with Crippen LogP contribution in [0.3, 0.4) is 0 Å². The molecule has 0 aliphatic heterocycles. The van der Waals surface area contributed by atoms with Gasteiger partial charge in [0.2, 0.25) is 0 Å². The van der Waals surface area contributed by atoms with E-state index in [-0.39, 0.29) is 29.8 Å². The Morgan fingerprint density at radius 1 is 1.25 bits per heavy atom. The van der Waals surface area contributed by atoms with Gasteiger partial charge < -0.3 is 15.2 Å². The Balaban J connectivity index is 0.00000288. The first kappa shape index (κ1) is 20.4. The number of guanidine groups is 1. The number of aromatic nitrogens is 1. The van der Waals surface area contributed by atoms with Crippen LogP contribution in [-0.4, -0.2) is 18.2 Å². The normalized spacial score (nSPS) is 11.3. The zero-order chi connectivity index (χ0) is 16.8. The highest BCUT2D eigenvalue weighted by molar-refractivity contribution is 14.0. The predicted molar refractivity (Wildman–Crippen MR) is 104 cm³/mol. The van der Waals surface area contributed by atoms with Crippen molar-refractivity contribution in [2.75, 3.05) is 7.05 Å². The summed E-state index contributed by atoms with van der Waals surface area (Å²) >= 11 is 0. The molecule has 0 saturated heterocycles. The smallest absolute Gasteiger partial charge is 0.191 e. The summed E-state index contributed by atoms with van der Waals surface area (Å²) in [5, 5.41) is 10.4. The number of hydrogen-bond acceptors (Lipinski definition) is 3. The topological polar surface area (TPSA) is 62.5 Å². The molecule has 0 aliphatic rings. The fourth-order valence-corrected chi connectivity index (χ4v) is 2.08. The van der Waals surface area contributed by atoms with Crippen molar-refractivity contribution in [2.45, 2.75) is 39.8 Å². The highest BCUT2D eigenvalue weighted by Crippen LogP contribution is 2.13. The van der Waals surface area contributed by atoms with Gasteiger partial charge >= 0.3 is 0 Å². The van der Waals surface area contributed by atoms with Crippen molar-refractivity contribution in [3.05, 3.63) is 52.7 Å². The Kier molecular flexibility index (Phi) is 8.17. The quantitative estimate of drug-likeness (QED) is 0.418. The Morgan fingerprint density at radius 3 is 2.54 bits per heavy atom. The molecule has 0 bridgehead atoms. The van der Waals surface area contributed by atoms with Crippen molar-refractivity contribution >= 4 is 29.9 Å². The molecule has 2 N–H and O–H groups in total. The molecule has 0 atom stereocenters. The Morgan fingerprint density at radius 2 is 1.96 bits per heavy atom. The Hall–Kier alpha value is -1.64. The van der Waals surface area contributed by atoms with Gasteiger partial charge in [0.1, 0.15) is 5.82 Å². The van der Waals surface area contributed by atoms with Crippen LogP contribution in [0.1, 0.15) is 42.3 Å². The van der Waals surface area contributed by atoms with Crippen LogP contribution in [0.25, 0.3) is 0 Å². The first-order chi connectivity index (χ1) is 11.0. The van der Waals surface area contributed by atoms with Gasteiger partial charge in [-0.2, -0.15) is 0 Å². The van der Waals surface area contributed by atoms with E-state index in [1.54, 1.807) is 20.0 Å². The zero-order valence-corrected chi connectivity index (χ0v) is 16.7. The lowest BCUT2D eigenvalue weighted by Gasteiger charge is -2.11. The van der Waals surface area contributed by atoms with Gasteiger partial charge in [-0.05, 0) is 30.0 Å². The molecule has 0 aliphatic carbocycles. The predicted octanol–water partition coefficient (Wildman–Crippen LogP) is 3.73. The lowest BCUT2D eigenvalue weighted by Crippen LogP contribution is -2.36. The summed E-state index contributed by atoms with van der Waals surface area (Å²) in [5.74, 6) is 1.55. The fourth-order valence-electron chi connectivity index (χ4n) is 2.08. The number of nitrogens with zero attached hydrogens (tertiary/aromatic N) is 2. The second kappa shape index (κ2) is 9.61. The van der Waals surface area contributed by atoms with Crippen molar-refractivity contribution in [3.63, 3.8) is 0 Å². The number of aryl methyl sites for hydroxylation is 1. The monoisotopic (exact) mass is 446 g/mol. The Bertz CT molecular complexity index is 685. The summed E-state index contributed by atoms with van der Waals surface area (Å²) in [6, 6.07) is 6.99. The maximum absolute atomic E-state index is 13.3. The molecule has 0 amide bonds. The molecule has 0 saturated carbocycles. The van der Waals surface area contributed by atoms with Gasteiger partial charge in [-0.1, -0.05) is 31.1 Å². The minimum Gasteiger partial charge on any atom is -0.359 e. The van der Waals surface area contributed by atoms with Crippen LogP contribution in [0.5, 0.6) is 0 Å². The second-order valence-corrected chi connectivity index (χ2v) is 5.74. The van der Waals surface area contributed by atoms with E-state index in [0.29, 0.717) is 30.5 Å². The van der Waals surface area contributed by atoms with Crippen LogP contribution in [0, 0.1) is 12.7 Å². The fraction of sp³-hybridized carbons (Fsp3) is 0.412. The number of halogens is 2. The van der Waals surface area contributed by atoms with Crippen LogP contribution in [0.15, 0.2) is 33.8 Å². The third-order valence-corrected chi connectivity index (χ3v) is 3.50. The van der Waals surface area contributed by atoms with E-state index < -0.39 is 0 Å². The largest absolute Gasteiger partial charge is 0.359 e. The van der Waals surface area contributed by atoms with Crippen molar-refractivity contribution in [2.24, 2.45) is 4.99 Å². The van der Waals surface area contributed by atoms with E-state index in [2.05, 4.69) is 34.6 Å². The first-order valence-corrected chi connectivity index (χ1v) is 7.64. The van der Waals surface area contributed by atoms with Gasteiger partial charge in [-0.25, -0.2) is 4.39 Å². The summed E-state index contributed by atoms with van der Waals surface area (Å²) in [4.78, 5) is 4.16. The van der Waals surface area contributed by atoms with Gasteiger partial charge in [-0.15, -0.1) is 24.0 Å². The average molecular weight is 446 g/mol. The molecule has 2 rings (SSSR count). The summed E-state index contributed by atoms with van der Waals surface area (Å²) < 4.78 is 18.5. The van der Waals surface area contributed by atoms with Crippen molar-refractivity contribution in [1.82, 2.24) is 15.8 Å². The molecule has 0 radical (unpaired) electrons. The number of hydrogen-bond donors (Lipinski definition) is 2. The average Bonchev–Trinajstić information content (AvgIpc) is 3.00. The van der Waals surface area contributed by atoms with Crippen LogP contribution in [0.2, 0.25) is 0 Å². The van der Waals surface area contributed by atoms with Crippen LogP contribution in [-0.2, 0) is 13.1 Å². The van der Waals surface area contributed by atoms with E-state index >= 15 is 0 Å². The number of nitrogens with one attached hydrogen (secondary N) is 2. The molecule has 0 fully saturated rings. The van der Waals surface area contributed by atoms with E-state index in [0.717, 1.165) is 17.0 Å². The maximum Gasteiger partial charge on any atom is 0.191 e. The van der Waals surface area contributed by atoms with E-state index in [4.69, 9.17) is 4.52 Å². The molecule has 0 unspecified atom stereocenters. The van der Waals surface area contributed by atoms with Crippen LogP contribution in [0.4, 0.5) is 4.39 Å². The first-order valence-electron chi connectivity index (χ1n) is 7.64. The summed E-state index contributed by atoms with van der Waals surface area (Å²) in [7, 11) is 1.70. The van der Waals surface area contributed by atoms with E-state index in [1.807, 2.05) is 12.1 Å². The molecule has 24 heavy (non-hydrogen) atoms. The van der Waals surface area contributed by atoms with Gasteiger partial charge in [-0.3, -0.25) is 4.99 Å². The highest BCUT2D eigenvalue weighted by atomic mass is 127. The Labute approximate surface area is 159 Å². The molecular formula is C17H24FIN4O. The summed E-state index contributed by atoms with van der Waals surface area (Å²) in [6.45, 7) is 6.96. The van der Waals surface area contributed by atoms with Gasteiger partial charge in [0, 0.05) is 19.7 Å². The van der Waals surface area contributed by atoms with Crippen molar-refractivity contribution in [1.29, 1.82) is 0 Å². The SMILES string of the molecule is CN=C(NCc1ccc(F)c(C)c1)NCc1cc(C(C)C)no1.I. The van der Waals surface area contributed by atoms with E-state index in [1.165, 1.54) is 6.07 Å². The summed E-state index contributed by atoms with van der Waals surface area (Å²) in [5.41, 5.74) is 2.57. The lowest BCUT2D eigenvalue weighted by atomic mass is 10.1. The summed E-state index contributed by atoms with van der Waals surface area (Å²) in [6.07, 6.45) is 0. The zero-order valence-electron chi connectivity index (χ0n) is 14.4. The molecule has 7 heteroatoms. The molecule has 5 nitrogen and oxygen atoms in total. The third kappa shape index (κ3) is 5.77. The van der Waals surface area contributed by atoms with Crippen LogP contribution < -0.4 is 10.6 Å². The standard InChI is InChI=1S/C17H23FN4O.HI/c1-11(2)16-8-14(23-22-16)10-21-17(19-4)20-9-13-5-6-15(18)12(3)7-13;/h5-8,11H,9-10H2,1-4H3,(H2,19,20,21);1H. The molecule has 132 valence electrons. The molecule has 2 aromatic rings. The van der Waals surface area contributed by atoms with E-state index in [9.17, 15) is 4.39 Å². The minimum absolute atomic E-state index is 0. The van der Waals surface area contributed by atoms with Gasteiger partial charge in [0.25, 0.3) is 0 Å². The number of rotatable bonds is 5. The van der Waals surface area contributed by atoms with Gasteiger partial charge in [0.15, 0.2) is 11.7 Å². The molecule has 1 heterocycles. The van der Waals surface area contributed by atoms with Crippen LogP contribution >= 0.6 is 24.0 Å². The van der Waals surface area contributed by atoms with Crippen molar-refractivity contribution in [3.8, 4) is 0 Å². The number of benzene rings is 1. The second-order valence-electron chi connectivity index (χ2n) is 5.74.